The maximum atomic E-state index is 10.5. The van der Waals surface area contributed by atoms with Gasteiger partial charge in [-0.2, -0.15) is 0 Å². The molecular weight excluding hydrogens is 224 g/mol. The van der Waals surface area contributed by atoms with Gasteiger partial charge in [0, 0.05) is 22.8 Å². The Hall–Kier alpha value is -1.62. The van der Waals surface area contributed by atoms with Crippen LogP contribution in [0.5, 0.6) is 0 Å². The number of hydrogen-bond donors (Lipinski definition) is 2. The molecule has 84 valence electrons. The van der Waals surface area contributed by atoms with E-state index in [0.717, 1.165) is 21.1 Å². The Bertz CT molecular complexity index is 488. The van der Waals surface area contributed by atoms with Crippen LogP contribution in [0.15, 0.2) is 18.5 Å². The molecule has 0 bridgehead atoms. The van der Waals surface area contributed by atoms with E-state index in [2.05, 4.69) is 9.97 Å². The maximum Gasteiger partial charge on any atom is 0.303 e. The van der Waals surface area contributed by atoms with Crippen molar-refractivity contribution in [3.05, 3.63) is 29.0 Å². The minimum absolute atomic E-state index is 0.162. The summed E-state index contributed by atoms with van der Waals surface area (Å²) in [6, 6.07) is 1.96. The fourth-order valence-corrected chi connectivity index (χ4v) is 2.52. The fraction of sp³-hybridized carbons (Fsp3) is 0.273. The molecule has 0 aliphatic heterocycles. The SMILES string of the molecule is Cc1nc(-c2cc[nH]c2)sc1CCC(=O)O. The van der Waals surface area contributed by atoms with Gasteiger partial charge in [-0.25, -0.2) is 4.98 Å². The van der Waals surface area contributed by atoms with E-state index in [1.807, 2.05) is 25.4 Å². The van der Waals surface area contributed by atoms with E-state index < -0.39 is 5.97 Å². The molecule has 5 heteroatoms. The number of rotatable bonds is 4. The van der Waals surface area contributed by atoms with Gasteiger partial charge in [0.25, 0.3) is 0 Å². The van der Waals surface area contributed by atoms with Gasteiger partial charge in [-0.05, 0) is 19.4 Å². The van der Waals surface area contributed by atoms with Crippen LogP contribution in [0, 0.1) is 6.92 Å². The van der Waals surface area contributed by atoms with Crippen molar-refractivity contribution in [1.29, 1.82) is 0 Å². The number of aromatic nitrogens is 2. The van der Waals surface area contributed by atoms with Crippen LogP contribution >= 0.6 is 11.3 Å². The Kier molecular flexibility index (Phi) is 3.05. The van der Waals surface area contributed by atoms with Crippen molar-refractivity contribution in [2.75, 3.05) is 0 Å². The van der Waals surface area contributed by atoms with Crippen LogP contribution in [0.2, 0.25) is 0 Å². The first kappa shape index (κ1) is 10.9. The zero-order valence-corrected chi connectivity index (χ0v) is 9.67. The molecule has 0 aromatic carbocycles. The summed E-state index contributed by atoms with van der Waals surface area (Å²) in [5.41, 5.74) is 1.98. The van der Waals surface area contributed by atoms with Crippen molar-refractivity contribution in [2.45, 2.75) is 19.8 Å². The van der Waals surface area contributed by atoms with Crippen LogP contribution in [0.1, 0.15) is 17.0 Å². The Morgan fingerprint density at radius 2 is 2.44 bits per heavy atom. The summed E-state index contributed by atoms with van der Waals surface area (Å²) in [6.45, 7) is 1.92. The number of aromatic amines is 1. The quantitative estimate of drug-likeness (QED) is 0.857. The molecule has 4 nitrogen and oxygen atoms in total. The molecule has 0 spiro atoms. The van der Waals surface area contributed by atoms with Crippen LogP contribution in [0.4, 0.5) is 0 Å². The summed E-state index contributed by atoms with van der Waals surface area (Å²) in [5, 5.41) is 9.58. The van der Waals surface area contributed by atoms with Crippen molar-refractivity contribution >= 4 is 17.3 Å². The summed E-state index contributed by atoms with van der Waals surface area (Å²) in [4.78, 5) is 19.0. The average Bonchev–Trinajstić information content (AvgIpc) is 2.83. The van der Waals surface area contributed by atoms with Gasteiger partial charge in [0.15, 0.2) is 0 Å². The lowest BCUT2D eigenvalue weighted by Crippen LogP contribution is -1.96. The number of carbonyl (C=O) groups is 1. The molecule has 0 saturated carbocycles. The maximum absolute atomic E-state index is 10.5. The number of nitrogens with one attached hydrogen (secondary N) is 1. The molecule has 0 amide bonds. The Morgan fingerprint density at radius 1 is 1.62 bits per heavy atom. The average molecular weight is 236 g/mol. The van der Waals surface area contributed by atoms with Crippen molar-refractivity contribution < 1.29 is 9.90 Å². The lowest BCUT2D eigenvalue weighted by atomic mass is 10.2. The summed E-state index contributed by atoms with van der Waals surface area (Å²) < 4.78 is 0. The highest BCUT2D eigenvalue weighted by molar-refractivity contribution is 7.15. The van der Waals surface area contributed by atoms with Gasteiger partial charge in [-0.15, -0.1) is 11.3 Å². The van der Waals surface area contributed by atoms with Gasteiger partial charge < -0.3 is 10.1 Å². The number of carboxylic acid groups (broad SMARTS) is 1. The zero-order chi connectivity index (χ0) is 11.5. The number of thiazole rings is 1. The van der Waals surface area contributed by atoms with Gasteiger partial charge in [-0.3, -0.25) is 4.79 Å². The first-order chi connectivity index (χ1) is 7.66. The minimum Gasteiger partial charge on any atom is -0.481 e. The molecule has 0 aliphatic rings. The number of aliphatic carboxylic acids is 1. The van der Waals surface area contributed by atoms with E-state index >= 15 is 0 Å². The van der Waals surface area contributed by atoms with E-state index in [1.54, 1.807) is 11.3 Å². The van der Waals surface area contributed by atoms with Crippen LogP contribution in [-0.2, 0) is 11.2 Å². The Balaban J connectivity index is 2.19. The normalized spacial score (nSPS) is 10.6. The van der Waals surface area contributed by atoms with E-state index in [-0.39, 0.29) is 6.42 Å². The van der Waals surface area contributed by atoms with E-state index in [1.165, 1.54) is 0 Å². The van der Waals surface area contributed by atoms with E-state index in [0.29, 0.717) is 6.42 Å². The summed E-state index contributed by atoms with van der Waals surface area (Å²) in [5.74, 6) is -0.768. The standard InChI is InChI=1S/C11H12N2O2S/c1-7-9(2-3-10(14)15)16-11(13-7)8-4-5-12-6-8/h4-6,12H,2-3H2,1H3,(H,14,15). The van der Waals surface area contributed by atoms with Crippen molar-refractivity contribution in [3.8, 4) is 10.6 Å². The smallest absolute Gasteiger partial charge is 0.303 e. The topological polar surface area (TPSA) is 66.0 Å². The predicted octanol–water partition coefficient (Wildman–Crippen LogP) is 2.46. The number of aryl methyl sites for hydroxylation is 2. The summed E-state index contributed by atoms with van der Waals surface area (Å²) in [6.07, 6.45) is 4.46. The third kappa shape index (κ3) is 2.30. The molecule has 0 fully saturated rings. The predicted molar refractivity (Wildman–Crippen MR) is 62.6 cm³/mol. The van der Waals surface area contributed by atoms with Crippen molar-refractivity contribution in [1.82, 2.24) is 9.97 Å². The highest BCUT2D eigenvalue weighted by Crippen LogP contribution is 2.28. The third-order valence-electron chi connectivity index (χ3n) is 2.30. The number of nitrogens with zero attached hydrogens (tertiary/aromatic N) is 1. The lowest BCUT2D eigenvalue weighted by Gasteiger charge is -1.92. The Labute approximate surface area is 97.0 Å². The van der Waals surface area contributed by atoms with Gasteiger partial charge in [0.1, 0.15) is 5.01 Å². The van der Waals surface area contributed by atoms with Gasteiger partial charge >= 0.3 is 5.97 Å². The first-order valence-corrected chi connectivity index (χ1v) is 5.79. The molecule has 16 heavy (non-hydrogen) atoms. The number of H-pyrrole nitrogens is 1. The van der Waals surface area contributed by atoms with Crippen LogP contribution < -0.4 is 0 Å². The van der Waals surface area contributed by atoms with Gasteiger partial charge in [-0.1, -0.05) is 0 Å². The molecule has 0 radical (unpaired) electrons. The highest BCUT2D eigenvalue weighted by Gasteiger charge is 2.10. The van der Waals surface area contributed by atoms with Crippen molar-refractivity contribution in [3.63, 3.8) is 0 Å². The molecule has 0 atom stereocenters. The molecule has 0 unspecified atom stereocenters. The van der Waals surface area contributed by atoms with Crippen LogP contribution in [0.3, 0.4) is 0 Å². The fourth-order valence-electron chi connectivity index (χ4n) is 1.46. The molecule has 2 heterocycles. The number of hydrogen-bond acceptors (Lipinski definition) is 3. The highest BCUT2D eigenvalue weighted by atomic mass is 32.1. The Morgan fingerprint density at radius 3 is 3.06 bits per heavy atom. The summed E-state index contributed by atoms with van der Waals surface area (Å²) >= 11 is 1.56. The minimum atomic E-state index is -0.768. The largest absolute Gasteiger partial charge is 0.481 e. The zero-order valence-electron chi connectivity index (χ0n) is 8.86. The van der Waals surface area contributed by atoms with Crippen molar-refractivity contribution in [2.24, 2.45) is 0 Å². The molecular formula is C11H12N2O2S. The third-order valence-corrected chi connectivity index (χ3v) is 3.57. The second-order valence-corrected chi connectivity index (χ2v) is 4.60. The van der Waals surface area contributed by atoms with Gasteiger partial charge in [0.05, 0.1) is 12.1 Å². The molecule has 0 aliphatic carbocycles. The van der Waals surface area contributed by atoms with Gasteiger partial charge in [0.2, 0.25) is 0 Å². The summed E-state index contributed by atoms with van der Waals surface area (Å²) in [7, 11) is 0. The first-order valence-electron chi connectivity index (χ1n) is 4.98. The van der Waals surface area contributed by atoms with Crippen LogP contribution in [0.25, 0.3) is 10.6 Å². The van der Waals surface area contributed by atoms with E-state index in [4.69, 9.17) is 5.11 Å². The molecule has 2 aromatic heterocycles. The number of carboxylic acids is 1. The molecule has 2 aromatic rings. The van der Waals surface area contributed by atoms with E-state index in [9.17, 15) is 4.79 Å². The second-order valence-electron chi connectivity index (χ2n) is 3.52. The molecule has 0 saturated heterocycles. The second kappa shape index (κ2) is 4.49. The monoisotopic (exact) mass is 236 g/mol. The lowest BCUT2D eigenvalue weighted by molar-refractivity contribution is -0.136. The van der Waals surface area contributed by atoms with Crippen LogP contribution in [-0.4, -0.2) is 21.0 Å². The molecule has 2 rings (SSSR count). The molecule has 2 N–H and O–H groups in total.